The Morgan fingerprint density at radius 2 is 1.39 bits per heavy atom. The van der Waals surface area contributed by atoms with Crippen LogP contribution in [0.2, 0.25) is 0 Å². The van der Waals surface area contributed by atoms with Crippen molar-refractivity contribution < 1.29 is 14.3 Å². The van der Waals surface area contributed by atoms with Gasteiger partial charge in [0.1, 0.15) is 5.75 Å². The SMILES string of the molecule is O=C(Nc1cccc(OC(=O)N(c2ccccc2)c2ccccc2)c1)N1CCCCC1. The molecular formula is C25H25N3O3. The number of para-hydroxylation sites is 2. The zero-order chi connectivity index (χ0) is 21.5. The van der Waals surface area contributed by atoms with Gasteiger partial charge in [-0.1, -0.05) is 42.5 Å². The van der Waals surface area contributed by atoms with Gasteiger partial charge >= 0.3 is 12.1 Å². The van der Waals surface area contributed by atoms with E-state index >= 15 is 0 Å². The molecule has 0 unspecified atom stereocenters. The van der Waals surface area contributed by atoms with Crippen LogP contribution < -0.4 is 15.0 Å². The molecule has 0 aliphatic carbocycles. The van der Waals surface area contributed by atoms with Gasteiger partial charge in [-0.3, -0.25) is 0 Å². The van der Waals surface area contributed by atoms with Crippen LogP contribution in [0.1, 0.15) is 19.3 Å². The number of amides is 3. The second-order valence-electron chi connectivity index (χ2n) is 7.38. The minimum Gasteiger partial charge on any atom is -0.410 e. The first-order chi connectivity index (χ1) is 15.2. The minimum atomic E-state index is -0.531. The Kier molecular flexibility index (Phi) is 6.47. The summed E-state index contributed by atoms with van der Waals surface area (Å²) in [5, 5.41) is 2.90. The van der Waals surface area contributed by atoms with E-state index in [0.29, 0.717) is 22.8 Å². The molecule has 0 atom stereocenters. The molecule has 6 heteroatoms. The number of hydrogen-bond acceptors (Lipinski definition) is 3. The van der Waals surface area contributed by atoms with E-state index in [-0.39, 0.29) is 6.03 Å². The topological polar surface area (TPSA) is 61.9 Å². The standard InChI is InChI=1S/C25H25N3O3/c29-24(27-17-8-3-9-18-27)26-20-11-10-16-23(19-20)31-25(30)28(21-12-4-1-5-13-21)22-14-6-2-7-15-22/h1-2,4-7,10-16,19H,3,8-9,17-18H2,(H,26,29). The highest BCUT2D eigenvalue weighted by Crippen LogP contribution is 2.27. The van der Waals surface area contributed by atoms with Crippen molar-refractivity contribution >= 4 is 29.2 Å². The number of anilines is 3. The number of ether oxygens (including phenoxy) is 1. The van der Waals surface area contributed by atoms with Gasteiger partial charge in [0.2, 0.25) is 0 Å². The number of hydrogen-bond donors (Lipinski definition) is 1. The summed E-state index contributed by atoms with van der Waals surface area (Å²) in [4.78, 5) is 28.9. The Balaban J connectivity index is 1.50. The van der Waals surface area contributed by atoms with Gasteiger partial charge in [-0.05, 0) is 55.7 Å². The molecule has 0 aromatic heterocycles. The molecule has 0 saturated carbocycles. The lowest BCUT2D eigenvalue weighted by molar-refractivity contribution is 0.200. The second-order valence-corrected chi connectivity index (χ2v) is 7.38. The van der Waals surface area contributed by atoms with Crippen LogP contribution in [-0.4, -0.2) is 30.1 Å². The van der Waals surface area contributed by atoms with Gasteiger partial charge in [-0.15, -0.1) is 0 Å². The maximum atomic E-state index is 13.1. The molecule has 1 aliphatic heterocycles. The Bertz CT molecular complexity index is 979. The van der Waals surface area contributed by atoms with Crippen LogP contribution in [0.5, 0.6) is 5.75 Å². The zero-order valence-electron chi connectivity index (χ0n) is 17.2. The predicted molar refractivity (Wildman–Crippen MR) is 122 cm³/mol. The number of carbonyl (C=O) groups is 2. The minimum absolute atomic E-state index is 0.127. The maximum Gasteiger partial charge on any atom is 0.424 e. The van der Waals surface area contributed by atoms with Crippen molar-refractivity contribution in [3.63, 3.8) is 0 Å². The Morgan fingerprint density at radius 1 is 0.774 bits per heavy atom. The summed E-state index contributed by atoms with van der Waals surface area (Å²) in [6.07, 6.45) is 2.69. The van der Waals surface area contributed by atoms with Gasteiger partial charge in [-0.2, -0.15) is 0 Å². The van der Waals surface area contributed by atoms with Crippen LogP contribution in [0.15, 0.2) is 84.9 Å². The van der Waals surface area contributed by atoms with Crippen LogP contribution in [0, 0.1) is 0 Å². The van der Waals surface area contributed by atoms with Crippen LogP contribution in [0.4, 0.5) is 26.7 Å². The fourth-order valence-corrected chi connectivity index (χ4v) is 3.60. The van der Waals surface area contributed by atoms with Gasteiger partial charge in [0.15, 0.2) is 0 Å². The third-order valence-electron chi connectivity index (χ3n) is 5.15. The van der Waals surface area contributed by atoms with Crippen molar-refractivity contribution in [2.24, 2.45) is 0 Å². The molecule has 6 nitrogen and oxygen atoms in total. The van der Waals surface area contributed by atoms with E-state index < -0.39 is 6.09 Å². The van der Waals surface area contributed by atoms with Crippen LogP contribution >= 0.6 is 0 Å². The third-order valence-corrected chi connectivity index (χ3v) is 5.15. The van der Waals surface area contributed by atoms with E-state index in [1.54, 1.807) is 24.3 Å². The van der Waals surface area contributed by atoms with Gasteiger partial charge in [0.25, 0.3) is 0 Å². The molecule has 1 N–H and O–H groups in total. The molecule has 0 bridgehead atoms. The lowest BCUT2D eigenvalue weighted by atomic mass is 10.1. The average Bonchev–Trinajstić information content (AvgIpc) is 2.81. The van der Waals surface area contributed by atoms with Crippen molar-refractivity contribution in [1.29, 1.82) is 0 Å². The van der Waals surface area contributed by atoms with Gasteiger partial charge in [0, 0.05) is 24.8 Å². The summed E-state index contributed by atoms with van der Waals surface area (Å²) in [5.74, 6) is 0.360. The molecule has 0 radical (unpaired) electrons. The van der Waals surface area contributed by atoms with Crippen molar-refractivity contribution in [2.75, 3.05) is 23.3 Å². The number of urea groups is 1. The number of nitrogens with one attached hydrogen (secondary N) is 1. The van der Waals surface area contributed by atoms with Crippen molar-refractivity contribution in [3.8, 4) is 5.75 Å². The quantitative estimate of drug-likeness (QED) is 0.565. The molecule has 3 amide bonds. The summed E-state index contributed by atoms with van der Waals surface area (Å²) in [6.45, 7) is 1.53. The fraction of sp³-hybridized carbons (Fsp3) is 0.200. The van der Waals surface area contributed by atoms with Crippen molar-refractivity contribution in [3.05, 3.63) is 84.9 Å². The fourth-order valence-electron chi connectivity index (χ4n) is 3.60. The molecule has 1 fully saturated rings. The molecule has 3 aromatic rings. The molecule has 0 spiro atoms. The summed E-state index contributed by atoms with van der Waals surface area (Å²) < 4.78 is 5.68. The lowest BCUT2D eigenvalue weighted by Gasteiger charge is -2.26. The molecule has 1 saturated heterocycles. The monoisotopic (exact) mass is 415 g/mol. The molecule has 3 aromatic carbocycles. The number of piperidine rings is 1. The van der Waals surface area contributed by atoms with Gasteiger partial charge in [0.05, 0.1) is 11.4 Å². The second kappa shape index (κ2) is 9.80. The van der Waals surface area contributed by atoms with Gasteiger partial charge < -0.3 is 15.0 Å². The maximum absolute atomic E-state index is 13.1. The Hall–Kier alpha value is -3.80. The van der Waals surface area contributed by atoms with E-state index in [9.17, 15) is 9.59 Å². The first kappa shape index (κ1) is 20.5. The smallest absolute Gasteiger partial charge is 0.410 e. The molecule has 4 rings (SSSR count). The van der Waals surface area contributed by atoms with Crippen LogP contribution in [0.3, 0.4) is 0 Å². The predicted octanol–water partition coefficient (Wildman–Crippen LogP) is 6.04. The molecule has 158 valence electrons. The number of rotatable bonds is 4. The summed E-state index contributed by atoms with van der Waals surface area (Å²) in [7, 11) is 0. The van der Waals surface area contributed by atoms with E-state index in [1.165, 1.54) is 4.90 Å². The number of benzene rings is 3. The van der Waals surface area contributed by atoms with E-state index in [1.807, 2.05) is 65.6 Å². The van der Waals surface area contributed by atoms with E-state index in [0.717, 1.165) is 32.4 Å². The number of carbonyl (C=O) groups excluding carboxylic acids is 2. The first-order valence-electron chi connectivity index (χ1n) is 10.5. The lowest BCUT2D eigenvalue weighted by Crippen LogP contribution is -2.38. The van der Waals surface area contributed by atoms with Crippen molar-refractivity contribution in [2.45, 2.75) is 19.3 Å². The average molecular weight is 415 g/mol. The Labute approximate surface area is 182 Å². The van der Waals surface area contributed by atoms with E-state index in [4.69, 9.17) is 4.74 Å². The highest BCUT2D eigenvalue weighted by atomic mass is 16.6. The van der Waals surface area contributed by atoms with Gasteiger partial charge in [-0.25, -0.2) is 14.5 Å². The Morgan fingerprint density at radius 3 is 2.00 bits per heavy atom. The van der Waals surface area contributed by atoms with Crippen molar-refractivity contribution in [1.82, 2.24) is 4.90 Å². The highest BCUT2D eigenvalue weighted by molar-refractivity contribution is 5.97. The third kappa shape index (κ3) is 5.22. The van der Waals surface area contributed by atoms with Crippen LogP contribution in [-0.2, 0) is 0 Å². The molecule has 31 heavy (non-hydrogen) atoms. The highest BCUT2D eigenvalue weighted by Gasteiger charge is 2.21. The normalized spacial score (nSPS) is 13.4. The number of likely N-dealkylation sites (tertiary alicyclic amines) is 1. The van der Waals surface area contributed by atoms with E-state index in [2.05, 4.69) is 5.32 Å². The molecule has 1 aliphatic rings. The van der Waals surface area contributed by atoms with Crippen LogP contribution in [0.25, 0.3) is 0 Å². The summed E-state index contributed by atoms with van der Waals surface area (Å²) in [5.41, 5.74) is 1.99. The first-order valence-corrected chi connectivity index (χ1v) is 10.5. The molecule has 1 heterocycles. The summed E-state index contributed by atoms with van der Waals surface area (Å²) >= 11 is 0. The summed E-state index contributed by atoms with van der Waals surface area (Å²) in [6, 6.07) is 25.4. The largest absolute Gasteiger partial charge is 0.424 e. The zero-order valence-corrected chi connectivity index (χ0v) is 17.2. The molecular weight excluding hydrogens is 390 g/mol. The number of nitrogens with zero attached hydrogens (tertiary/aromatic N) is 2.